The van der Waals surface area contributed by atoms with E-state index in [-0.39, 0.29) is 0 Å². The summed E-state index contributed by atoms with van der Waals surface area (Å²) in [5, 5.41) is 0. The lowest BCUT2D eigenvalue weighted by Crippen LogP contribution is -2.29. The van der Waals surface area contributed by atoms with Crippen molar-refractivity contribution in [3.05, 3.63) is 0 Å². The molecule has 0 atom stereocenters. The second-order valence-electron chi connectivity index (χ2n) is 5.47. The first-order chi connectivity index (χ1) is 9.35. The predicted octanol–water partition coefficient (Wildman–Crippen LogP) is 5.07. The van der Waals surface area contributed by atoms with Crippen LogP contribution in [0.5, 0.6) is 0 Å². The summed E-state index contributed by atoms with van der Waals surface area (Å²) < 4.78 is 0. The smallest absolute Gasteiger partial charge is 0.00702 e. The fourth-order valence-corrected chi connectivity index (χ4v) is 3.01. The molecule has 0 aromatic carbocycles. The topological polar surface area (TPSA) is 3.24 Å². The van der Waals surface area contributed by atoms with Gasteiger partial charge in [0, 0.05) is 24.6 Å². The SMILES string of the molecule is CCCCCCCCCCCCN(CCS)CCS. The largest absolute Gasteiger partial charge is 0.302 e. The van der Waals surface area contributed by atoms with Crippen molar-refractivity contribution in [1.29, 1.82) is 0 Å². The highest BCUT2D eigenvalue weighted by molar-refractivity contribution is 7.80. The normalized spacial score (nSPS) is 11.4. The first-order valence-corrected chi connectivity index (χ1v) is 9.55. The van der Waals surface area contributed by atoms with Gasteiger partial charge in [-0.1, -0.05) is 64.7 Å². The van der Waals surface area contributed by atoms with Gasteiger partial charge in [-0.05, 0) is 13.0 Å². The third-order valence-corrected chi connectivity index (χ3v) is 4.06. The van der Waals surface area contributed by atoms with Gasteiger partial charge in [0.2, 0.25) is 0 Å². The summed E-state index contributed by atoms with van der Waals surface area (Å²) in [7, 11) is 0. The summed E-state index contributed by atoms with van der Waals surface area (Å²) in [4.78, 5) is 2.49. The first-order valence-electron chi connectivity index (χ1n) is 8.29. The maximum Gasteiger partial charge on any atom is 0.00702 e. The molecule has 0 aromatic rings. The predicted molar refractivity (Wildman–Crippen MR) is 96.0 cm³/mol. The molecule has 116 valence electrons. The molecule has 0 aliphatic rings. The fourth-order valence-electron chi connectivity index (χ4n) is 2.44. The Hall–Kier alpha value is 0.660. The zero-order valence-electron chi connectivity index (χ0n) is 12.9. The molecule has 0 fully saturated rings. The van der Waals surface area contributed by atoms with E-state index in [0.29, 0.717) is 0 Å². The molecule has 19 heavy (non-hydrogen) atoms. The van der Waals surface area contributed by atoms with Crippen molar-refractivity contribution in [2.24, 2.45) is 0 Å². The van der Waals surface area contributed by atoms with E-state index in [1.54, 1.807) is 0 Å². The van der Waals surface area contributed by atoms with Crippen LogP contribution in [0.15, 0.2) is 0 Å². The van der Waals surface area contributed by atoms with Gasteiger partial charge in [0.05, 0.1) is 0 Å². The summed E-state index contributed by atoms with van der Waals surface area (Å²) >= 11 is 8.62. The van der Waals surface area contributed by atoms with Gasteiger partial charge in [-0.2, -0.15) is 25.3 Å². The number of hydrogen-bond acceptors (Lipinski definition) is 3. The molecular formula is C16H35NS2. The van der Waals surface area contributed by atoms with Crippen LogP contribution >= 0.6 is 25.3 Å². The van der Waals surface area contributed by atoms with Crippen LogP contribution < -0.4 is 0 Å². The molecule has 0 saturated carbocycles. The maximum atomic E-state index is 4.31. The van der Waals surface area contributed by atoms with Crippen molar-refractivity contribution >= 4 is 25.3 Å². The highest BCUT2D eigenvalue weighted by atomic mass is 32.1. The molecule has 0 aliphatic carbocycles. The van der Waals surface area contributed by atoms with Crippen LogP contribution in [0.25, 0.3) is 0 Å². The molecule has 0 N–H and O–H groups in total. The minimum absolute atomic E-state index is 0.964. The zero-order chi connectivity index (χ0) is 14.2. The lowest BCUT2D eigenvalue weighted by atomic mass is 10.1. The van der Waals surface area contributed by atoms with Gasteiger partial charge in [0.15, 0.2) is 0 Å². The van der Waals surface area contributed by atoms with Crippen LogP contribution in [0.1, 0.15) is 71.1 Å². The van der Waals surface area contributed by atoms with E-state index in [2.05, 4.69) is 37.1 Å². The highest BCUT2D eigenvalue weighted by Crippen LogP contribution is 2.10. The quantitative estimate of drug-likeness (QED) is 0.316. The Kier molecular flexibility index (Phi) is 17.3. The third kappa shape index (κ3) is 14.9. The van der Waals surface area contributed by atoms with Gasteiger partial charge < -0.3 is 4.90 Å². The Balaban J connectivity index is 3.20. The third-order valence-electron chi connectivity index (χ3n) is 3.66. The Morgan fingerprint density at radius 1 is 0.579 bits per heavy atom. The summed E-state index contributed by atoms with van der Waals surface area (Å²) in [5.41, 5.74) is 0. The van der Waals surface area contributed by atoms with Gasteiger partial charge in [0.1, 0.15) is 0 Å². The molecule has 0 heterocycles. The van der Waals surface area contributed by atoms with Crippen molar-refractivity contribution < 1.29 is 0 Å². The van der Waals surface area contributed by atoms with Gasteiger partial charge in [-0.25, -0.2) is 0 Å². The van der Waals surface area contributed by atoms with Gasteiger partial charge in [0.25, 0.3) is 0 Å². The van der Waals surface area contributed by atoms with E-state index in [1.807, 2.05) is 0 Å². The summed E-state index contributed by atoms with van der Waals surface area (Å²) in [5.74, 6) is 1.93. The Morgan fingerprint density at radius 3 is 1.42 bits per heavy atom. The molecule has 0 aromatic heterocycles. The summed E-state index contributed by atoms with van der Waals surface area (Å²) in [6.07, 6.45) is 14.2. The first kappa shape index (κ1) is 19.7. The van der Waals surface area contributed by atoms with Crippen LogP contribution in [0.3, 0.4) is 0 Å². The molecule has 0 saturated heterocycles. The van der Waals surface area contributed by atoms with Crippen LogP contribution in [-0.4, -0.2) is 36.0 Å². The minimum atomic E-state index is 0.964. The van der Waals surface area contributed by atoms with Crippen molar-refractivity contribution in [2.75, 3.05) is 31.1 Å². The van der Waals surface area contributed by atoms with E-state index in [0.717, 1.165) is 24.6 Å². The molecule has 0 radical (unpaired) electrons. The van der Waals surface area contributed by atoms with E-state index < -0.39 is 0 Å². The zero-order valence-corrected chi connectivity index (χ0v) is 14.7. The van der Waals surface area contributed by atoms with Gasteiger partial charge >= 0.3 is 0 Å². The standard InChI is InChI=1S/C16H35NS2/c1-2-3-4-5-6-7-8-9-10-11-12-17(13-15-18)14-16-19/h18-19H,2-16H2,1H3. The molecule has 0 aliphatic heterocycles. The molecule has 0 rings (SSSR count). The van der Waals surface area contributed by atoms with Gasteiger partial charge in [-0.3, -0.25) is 0 Å². The molecule has 0 bridgehead atoms. The Morgan fingerprint density at radius 2 is 1.00 bits per heavy atom. The Labute approximate surface area is 132 Å². The average molecular weight is 306 g/mol. The van der Waals surface area contributed by atoms with Crippen molar-refractivity contribution in [3.63, 3.8) is 0 Å². The molecule has 0 amide bonds. The lowest BCUT2D eigenvalue weighted by Gasteiger charge is -2.20. The number of thiol groups is 2. The van der Waals surface area contributed by atoms with Crippen molar-refractivity contribution in [1.82, 2.24) is 4.90 Å². The highest BCUT2D eigenvalue weighted by Gasteiger charge is 2.01. The average Bonchev–Trinajstić information content (AvgIpc) is 2.41. The maximum absolute atomic E-state index is 4.31. The van der Waals surface area contributed by atoms with Crippen LogP contribution in [0.4, 0.5) is 0 Å². The number of hydrogen-bond donors (Lipinski definition) is 2. The number of rotatable bonds is 15. The van der Waals surface area contributed by atoms with E-state index in [9.17, 15) is 0 Å². The summed E-state index contributed by atoms with van der Waals surface area (Å²) in [6.45, 7) is 5.74. The molecule has 1 nitrogen and oxygen atoms in total. The second-order valence-corrected chi connectivity index (χ2v) is 6.37. The minimum Gasteiger partial charge on any atom is -0.302 e. The van der Waals surface area contributed by atoms with E-state index in [4.69, 9.17) is 0 Å². The fraction of sp³-hybridized carbons (Fsp3) is 1.00. The van der Waals surface area contributed by atoms with Crippen molar-refractivity contribution in [2.45, 2.75) is 71.1 Å². The number of unbranched alkanes of at least 4 members (excludes halogenated alkanes) is 9. The van der Waals surface area contributed by atoms with E-state index in [1.165, 1.54) is 70.8 Å². The van der Waals surface area contributed by atoms with Crippen LogP contribution in [0, 0.1) is 0 Å². The summed E-state index contributed by atoms with van der Waals surface area (Å²) in [6, 6.07) is 0. The molecule has 0 spiro atoms. The molecule has 0 unspecified atom stereocenters. The Bertz CT molecular complexity index is 159. The molecule has 3 heteroatoms. The van der Waals surface area contributed by atoms with E-state index >= 15 is 0 Å². The van der Waals surface area contributed by atoms with Crippen LogP contribution in [-0.2, 0) is 0 Å². The monoisotopic (exact) mass is 305 g/mol. The number of nitrogens with zero attached hydrogens (tertiary/aromatic N) is 1. The second kappa shape index (κ2) is 16.7. The van der Waals surface area contributed by atoms with Crippen LogP contribution in [0.2, 0.25) is 0 Å². The van der Waals surface area contributed by atoms with Gasteiger partial charge in [-0.15, -0.1) is 0 Å². The molecular weight excluding hydrogens is 270 g/mol. The van der Waals surface area contributed by atoms with Crippen molar-refractivity contribution in [3.8, 4) is 0 Å². The lowest BCUT2D eigenvalue weighted by molar-refractivity contribution is 0.300.